The Kier molecular flexibility index (Phi) is 6.02. The van der Waals surface area contributed by atoms with Crippen LogP contribution in [-0.4, -0.2) is 29.8 Å². The van der Waals surface area contributed by atoms with E-state index in [0.717, 1.165) is 5.56 Å². The zero-order chi connectivity index (χ0) is 14.3. The van der Waals surface area contributed by atoms with Crippen molar-refractivity contribution >= 4 is 11.8 Å². The molecule has 2 amide bonds. The Bertz CT molecular complexity index is 420. The van der Waals surface area contributed by atoms with Crippen LogP contribution in [-0.2, 0) is 9.59 Å². The molecule has 4 N–H and O–H groups in total. The smallest absolute Gasteiger partial charge is 0.237 e. The SMILES string of the molecule is C[C@H](c1ccccc1)N(CC(N)=O)C(=O)CCCN. The highest BCUT2D eigenvalue weighted by Crippen LogP contribution is 2.20. The van der Waals surface area contributed by atoms with E-state index in [-0.39, 0.29) is 18.5 Å². The molecular weight excluding hydrogens is 242 g/mol. The number of nitrogens with zero attached hydrogens (tertiary/aromatic N) is 1. The summed E-state index contributed by atoms with van der Waals surface area (Å²) in [5, 5.41) is 0. The Morgan fingerprint density at radius 2 is 1.89 bits per heavy atom. The minimum Gasteiger partial charge on any atom is -0.368 e. The fourth-order valence-electron chi connectivity index (χ4n) is 1.92. The number of hydrogen-bond acceptors (Lipinski definition) is 3. The van der Waals surface area contributed by atoms with E-state index in [2.05, 4.69) is 0 Å². The van der Waals surface area contributed by atoms with Crippen LogP contribution in [0.25, 0.3) is 0 Å². The van der Waals surface area contributed by atoms with Crippen LogP contribution < -0.4 is 11.5 Å². The topological polar surface area (TPSA) is 89.4 Å². The van der Waals surface area contributed by atoms with E-state index in [1.165, 1.54) is 4.90 Å². The first-order valence-electron chi connectivity index (χ1n) is 6.39. The van der Waals surface area contributed by atoms with E-state index < -0.39 is 5.91 Å². The van der Waals surface area contributed by atoms with Crippen LogP contribution in [0.2, 0.25) is 0 Å². The maximum Gasteiger partial charge on any atom is 0.237 e. The molecule has 1 atom stereocenters. The predicted octanol–water partition coefficient (Wildman–Crippen LogP) is 0.800. The van der Waals surface area contributed by atoms with Gasteiger partial charge in [0.2, 0.25) is 11.8 Å². The van der Waals surface area contributed by atoms with E-state index in [4.69, 9.17) is 11.5 Å². The van der Waals surface area contributed by atoms with E-state index >= 15 is 0 Å². The molecule has 19 heavy (non-hydrogen) atoms. The highest BCUT2D eigenvalue weighted by Gasteiger charge is 2.22. The molecule has 0 fully saturated rings. The molecule has 104 valence electrons. The van der Waals surface area contributed by atoms with E-state index in [1.807, 2.05) is 37.3 Å². The molecule has 5 nitrogen and oxygen atoms in total. The Hall–Kier alpha value is -1.88. The lowest BCUT2D eigenvalue weighted by molar-refractivity contribution is -0.137. The lowest BCUT2D eigenvalue weighted by atomic mass is 10.1. The summed E-state index contributed by atoms with van der Waals surface area (Å²) in [5.74, 6) is -0.607. The van der Waals surface area contributed by atoms with Crippen LogP contribution >= 0.6 is 0 Å². The molecule has 0 aliphatic heterocycles. The van der Waals surface area contributed by atoms with Crippen LogP contribution in [0.4, 0.5) is 0 Å². The van der Waals surface area contributed by atoms with Crippen molar-refractivity contribution in [2.75, 3.05) is 13.1 Å². The van der Waals surface area contributed by atoms with Gasteiger partial charge in [0.15, 0.2) is 0 Å². The number of carbonyl (C=O) groups is 2. The van der Waals surface area contributed by atoms with Crippen LogP contribution in [0.1, 0.15) is 31.4 Å². The number of rotatable bonds is 7. The predicted molar refractivity (Wildman–Crippen MR) is 74.1 cm³/mol. The van der Waals surface area contributed by atoms with Gasteiger partial charge >= 0.3 is 0 Å². The summed E-state index contributed by atoms with van der Waals surface area (Å²) in [6.07, 6.45) is 0.941. The lowest BCUT2D eigenvalue weighted by Crippen LogP contribution is -2.40. The second kappa shape index (κ2) is 7.53. The largest absolute Gasteiger partial charge is 0.368 e. The molecule has 0 spiro atoms. The van der Waals surface area contributed by atoms with Crippen LogP contribution in [0, 0.1) is 0 Å². The molecule has 0 aliphatic carbocycles. The molecule has 1 rings (SSSR count). The van der Waals surface area contributed by atoms with E-state index in [1.54, 1.807) is 0 Å². The van der Waals surface area contributed by atoms with Gasteiger partial charge in [-0.15, -0.1) is 0 Å². The molecule has 0 saturated heterocycles. The van der Waals surface area contributed by atoms with Gasteiger partial charge in [0, 0.05) is 6.42 Å². The Morgan fingerprint density at radius 3 is 2.42 bits per heavy atom. The zero-order valence-corrected chi connectivity index (χ0v) is 11.2. The quantitative estimate of drug-likeness (QED) is 0.762. The number of primary amides is 1. The number of carbonyl (C=O) groups excluding carboxylic acids is 2. The minimum atomic E-state index is -0.510. The summed E-state index contributed by atoms with van der Waals surface area (Å²) in [6.45, 7) is 2.27. The number of nitrogens with two attached hydrogens (primary N) is 2. The van der Waals surface area contributed by atoms with Gasteiger partial charge in [0.05, 0.1) is 12.6 Å². The molecule has 5 heteroatoms. The van der Waals surface area contributed by atoms with Crippen molar-refractivity contribution in [3.8, 4) is 0 Å². The first kappa shape index (κ1) is 15.2. The molecule has 0 saturated carbocycles. The highest BCUT2D eigenvalue weighted by molar-refractivity contribution is 5.84. The summed E-state index contributed by atoms with van der Waals surface area (Å²) in [5.41, 5.74) is 11.6. The fraction of sp³-hybridized carbons (Fsp3) is 0.429. The fourth-order valence-corrected chi connectivity index (χ4v) is 1.92. The van der Waals surface area contributed by atoms with E-state index in [9.17, 15) is 9.59 Å². The second-order valence-electron chi connectivity index (χ2n) is 4.47. The van der Waals surface area contributed by atoms with Gasteiger partial charge in [-0.25, -0.2) is 0 Å². The third kappa shape index (κ3) is 4.71. The van der Waals surface area contributed by atoms with Crippen molar-refractivity contribution in [3.63, 3.8) is 0 Å². The summed E-state index contributed by atoms with van der Waals surface area (Å²) in [7, 11) is 0. The van der Waals surface area contributed by atoms with Gasteiger partial charge in [0.1, 0.15) is 0 Å². The third-order valence-corrected chi connectivity index (χ3v) is 2.99. The standard InChI is InChI=1S/C14H21N3O2/c1-11(12-6-3-2-4-7-12)17(10-13(16)18)14(19)8-5-9-15/h2-4,6-7,11H,5,8-10,15H2,1H3,(H2,16,18)/t11-/m1/s1. The van der Waals surface area contributed by atoms with Crippen molar-refractivity contribution in [3.05, 3.63) is 35.9 Å². The van der Waals surface area contributed by atoms with Gasteiger partial charge in [-0.2, -0.15) is 0 Å². The Balaban J connectivity index is 2.84. The molecule has 0 radical (unpaired) electrons. The molecule has 0 bridgehead atoms. The molecule has 0 aromatic heterocycles. The van der Waals surface area contributed by atoms with Crippen molar-refractivity contribution in [2.24, 2.45) is 11.5 Å². The van der Waals surface area contributed by atoms with Gasteiger partial charge in [-0.3, -0.25) is 9.59 Å². The first-order valence-corrected chi connectivity index (χ1v) is 6.39. The summed E-state index contributed by atoms with van der Waals surface area (Å²) in [6, 6.07) is 9.38. The number of benzene rings is 1. The first-order chi connectivity index (χ1) is 9.06. The van der Waals surface area contributed by atoms with Crippen molar-refractivity contribution in [1.82, 2.24) is 4.90 Å². The molecule has 1 aromatic carbocycles. The van der Waals surface area contributed by atoms with Crippen molar-refractivity contribution in [1.29, 1.82) is 0 Å². The summed E-state index contributed by atoms with van der Waals surface area (Å²) >= 11 is 0. The highest BCUT2D eigenvalue weighted by atomic mass is 16.2. The monoisotopic (exact) mass is 263 g/mol. The molecule has 0 aliphatic rings. The molecule has 0 unspecified atom stereocenters. The summed E-state index contributed by atoms with van der Waals surface area (Å²) in [4.78, 5) is 24.7. The summed E-state index contributed by atoms with van der Waals surface area (Å²) < 4.78 is 0. The maximum absolute atomic E-state index is 12.1. The molecule has 0 heterocycles. The molecular formula is C14H21N3O2. The third-order valence-electron chi connectivity index (χ3n) is 2.99. The zero-order valence-electron chi connectivity index (χ0n) is 11.2. The van der Waals surface area contributed by atoms with Gasteiger partial charge in [0.25, 0.3) is 0 Å². The minimum absolute atomic E-state index is 0.0700. The maximum atomic E-state index is 12.1. The van der Waals surface area contributed by atoms with Crippen molar-refractivity contribution < 1.29 is 9.59 Å². The van der Waals surface area contributed by atoms with Gasteiger partial charge in [-0.1, -0.05) is 30.3 Å². The van der Waals surface area contributed by atoms with Gasteiger partial charge in [-0.05, 0) is 25.5 Å². The normalized spacial score (nSPS) is 11.9. The van der Waals surface area contributed by atoms with Crippen LogP contribution in [0.5, 0.6) is 0 Å². The average molecular weight is 263 g/mol. The molecule has 1 aromatic rings. The number of hydrogen-bond donors (Lipinski definition) is 2. The Labute approximate surface area is 113 Å². The van der Waals surface area contributed by atoms with Gasteiger partial charge < -0.3 is 16.4 Å². The Morgan fingerprint density at radius 1 is 1.26 bits per heavy atom. The van der Waals surface area contributed by atoms with E-state index in [0.29, 0.717) is 19.4 Å². The number of amides is 2. The van der Waals surface area contributed by atoms with Crippen LogP contribution in [0.15, 0.2) is 30.3 Å². The second-order valence-corrected chi connectivity index (χ2v) is 4.47. The van der Waals surface area contributed by atoms with Crippen molar-refractivity contribution in [2.45, 2.75) is 25.8 Å². The average Bonchev–Trinajstić information content (AvgIpc) is 2.42. The lowest BCUT2D eigenvalue weighted by Gasteiger charge is -2.28. The van der Waals surface area contributed by atoms with Crippen LogP contribution in [0.3, 0.4) is 0 Å².